The van der Waals surface area contributed by atoms with Gasteiger partial charge in [0, 0.05) is 37.9 Å². The van der Waals surface area contributed by atoms with Gasteiger partial charge in [0.05, 0.1) is 13.7 Å². The SMILES string of the molecule is COc1ccc(N2CCN(CC(=O)N[C@@H]3C[C@H]4CC[C@H]3C4)CC2)cc1. The molecule has 0 aromatic heterocycles. The second kappa shape index (κ2) is 7.24. The molecule has 0 spiro atoms. The lowest BCUT2D eigenvalue weighted by molar-refractivity contribution is -0.123. The zero-order valence-electron chi connectivity index (χ0n) is 15.1. The molecule has 2 aliphatic carbocycles. The van der Waals surface area contributed by atoms with Crippen molar-refractivity contribution < 1.29 is 9.53 Å². The van der Waals surface area contributed by atoms with Crippen LogP contribution >= 0.6 is 0 Å². The van der Waals surface area contributed by atoms with E-state index in [1.807, 2.05) is 12.1 Å². The van der Waals surface area contributed by atoms with Gasteiger partial charge in [-0.3, -0.25) is 9.69 Å². The Hall–Kier alpha value is -1.75. The van der Waals surface area contributed by atoms with Crippen LogP contribution in [0.4, 0.5) is 5.69 Å². The zero-order valence-corrected chi connectivity index (χ0v) is 15.1. The Kier molecular flexibility index (Phi) is 4.84. The van der Waals surface area contributed by atoms with Crippen LogP contribution in [-0.2, 0) is 4.79 Å². The summed E-state index contributed by atoms with van der Waals surface area (Å²) in [6, 6.07) is 8.67. The van der Waals surface area contributed by atoms with Gasteiger partial charge in [0.25, 0.3) is 0 Å². The number of carbonyl (C=O) groups excluding carboxylic acids is 1. The lowest BCUT2D eigenvalue weighted by Gasteiger charge is -2.36. The van der Waals surface area contributed by atoms with Crippen LogP contribution in [0.3, 0.4) is 0 Å². The summed E-state index contributed by atoms with van der Waals surface area (Å²) in [6.45, 7) is 4.36. The Bertz CT molecular complexity index is 595. The van der Waals surface area contributed by atoms with Gasteiger partial charge in [0.15, 0.2) is 0 Å². The van der Waals surface area contributed by atoms with Crippen LogP contribution in [0.15, 0.2) is 24.3 Å². The Balaban J connectivity index is 1.22. The van der Waals surface area contributed by atoms with E-state index in [9.17, 15) is 4.79 Å². The van der Waals surface area contributed by atoms with Crippen molar-refractivity contribution in [1.29, 1.82) is 0 Å². The number of rotatable bonds is 5. The first kappa shape index (κ1) is 16.7. The van der Waals surface area contributed by atoms with E-state index < -0.39 is 0 Å². The van der Waals surface area contributed by atoms with Crippen molar-refractivity contribution in [2.45, 2.75) is 31.7 Å². The van der Waals surface area contributed by atoms with Gasteiger partial charge in [0.1, 0.15) is 5.75 Å². The normalized spacial score (nSPS) is 29.0. The number of anilines is 1. The summed E-state index contributed by atoms with van der Waals surface area (Å²) in [5.74, 6) is 2.74. The van der Waals surface area contributed by atoms with Crippen molar-refractivity contribution in [2.75, 3.05) is 44.7 Å². The Morgan fingerprint density at radius 2 is 1.88 bits per heavy atom. The zero-order chi connectivity index (χ0) is 17.2. The average Bonchev–Trinajstić information content (AvgIpc) is 3.25. The molecule has 25 heavy (non-hydrogen) atoms. The number of methoxy groups -OCH3 is 1. The average molecular weight is 343 g/mol. The van der Waals surface area contributed by atoms with Gasteiger partial charge >= 0.3 is 0 Å². The molecule has 0 unspecified atom stereocenters. The topological polar surface area (TPSA) is 44.8 Å². The van der Waals surface area contributed by atoms with E-state index in [-0.39, 0.29) is 5.91 Å². The van der Waals surface area contributed by atoms with Crippen molar-refractivity contribution in [3.63, 3.8) is 0 Å². The highest BCUT2D eigenvalue weighted by Crippen LogP contribution is 2.44. The molecule has 1 saturated heterocycles. The molecule has 3 fully saturated rings. The molecular weight excluding hydrogens is 314 g/mol. The maximum Gasteiger partial charge on any atom is 0.234 e. The number of piperazine rings is 1. The number of nitrogens with zero attached hydrogens (tertiary/aromatic N) is 2. The fraction of sp³-hybridized carbons (Fsp3) is 0.650. The van der Waals surface area contributed by atoms with Crippen molar-refractivity contribution >= 4 is 11.6 Å². The third kappa shape index (κ3) is 3.76. The number of fused-ring (bicyclic) bond motifs is 2. The summed E-state index contributed by atoms with van der Waals surface area (Å²) in [5.41, 5.74) is 1.23. The van der Waals surface area contributed by atoms with E-state index in [1.54, 1.807) is 7.11 Å². The minimum Gasteiger partial charge on any atom is -0.497 e. The predicted octanol–water partition coefficient (Wildman–Crippen LogP) is 2.12. The molecule has 1 aromatic carbocycles. The van der Waals surface area contributed by atoms with E-state index in [1.165, 1.54) is 31.4 Å². The predicted molar refractivity (Wildman–Crippen MR) is 99.0 cm³/mol. The molecule has 1 N–H and O–H groups in total. The minimum atomic E-state index is 0.218. The molecular formula is C20H29N3O2. The number of hydrogen-bond acceptors (Lipinski definition) is 4. The summed E-state index contributed by atoms with van der Waals surface area (Å²) in [7, 11) is 1.69. The number of carbonyl (C=O) groups is 1. The molecule has 1 heterocycles. The van der Waals surface area contributed by atoms with Crippen molar-refractivity contribution in [3.05, 3.63) is 24.3 Å². The molecule has 5 heteroatoms. The van der Waals surface area contributed by atoms with E-state index in [2.05, 4.69) is 27.2 Å². The maximum atomic E-state index is 12.4. The first-order valence-electron chi connectivity index (χ1n) is 9.62. The molecule has 1 aromatic rings. The first-order chi connectivity index (χ1) is 12.2. The van der Waals surface area contributed by atoms with Crippen LogP contribution in [-0.4, -0.2) is 56.7 Å². The van der Waals surface area contributed by atoms with E-state index >= 15 is 0 Å². The number of ether oxygens (including phenoxy) is 1. The van der Waals surface area contributed by atoms with Crippen LogP contribution in [0.5, 0.6) is 5.75 Å². The van der Waals surface area contributed by atoms with Crippen LogP contribution in [0.1, 0.15) is 25.7 Å². The Labute approximate surface area is 150 Å². The summed E-state index contributed by atoms with van der Waals surface area (Å²) >= 11 is 0. The standard InChI is InChI=1S/C20H29N3O2/c1-25-18-6-4-17(5-7-18)23-10-8-22(9-11-23)14-20(24)21-19-13-15-2-3-16(19)12-15/h4-7,15-16,19H,2-3,8-14H2,1H3,(H,21,24)/t15-,16-,19+/m0/s1. The van der Waals surface area contributed by atoms with Gasteiger partial charge in [-0.05, 0) is 55.4 Å². The third-order valence-corrected chi connectivity index (χ3v) is 6.26. The van der Waals surface area contributed by atoms with Gasteiger partial charge in [-0.15, -0.1) is 0 Å². The molecule has 4 rings (SSSR count). The molecule has 1 aliphatic heterocycles. The Morgan fingerprint density at radius 3 is 2.48 bits per heavy atom. The highest BCUT2D eigenvalue weighted by atomic mass is 16.5. The highest BCUT2D eigenvalue weighted by molar-refractivity contribution is 5.78. The largest absolute Gasteiger partial charge is 0.497 e. The molecule has 3 aliphatic rings. The fourth-order valence-electron chi connectivity index (χ4n) is 4.83. The smallest absolute Gasteiger partial charge is 0.234 e. The summed E-state index contributed by atoms with van der Waals surface area (Å²) in [4.78, 5) is 17.0. The van der Waals surface area contributed by atoms with Gasteiger partial charge in [-0.25, -0.2) is 0 Å². The van der Waals surface area contributed by atoms with Crippen LogP contribution in [0.25, 0.3) is 0 Å². The van der Waals surface area contributed by atoms with Gasteiger partial charge in [-0.1, -0.05) is 6.42 Å². The molecule has 2 bridgehead atoms. The van der Waals surface area contributed by atoms with Crippen LogP contribution < -0.4 is 15.0 Å². The number of benzene rings is 1. The van der Waals surface area contributed by atoms with Crippen LogP contribution in [0, 0.1) is 11.8 Å². The molecule has 2 saturated carbocycles. The quantitative estimate of drug-likeness (QED) is 0.889. The first-order valence-corrected chi connectivity index (χ1v) is 9.62. The molecule has 136 valence electrons. The van der Waals surface area contributed by atoms with Gasteiger partial charge < -0.3 is 15.0 Å². The summed E-state index contributed by atoms with van der Waals surface area (Å²) in [5, 5.41) is 3.31. The summed E-state index contributed by atoms with van der Waals surface area (Å²) < 4.78 is 5.22. The summed E-state index contributed by atoms with van der Waals surface area (Å²) in [6.07, 6.45) is 5.24. The molecule has 1 amide bonds. The minimum absolute atomic E-state index is 0.218. The van der Waals surface area contributed by atoms with Crippen molar-refractivity contribution in [1.82, 2.24) is 10.2 Å². The van der Waals surface area contributed by atoms with Gasteiger partial charge in [-0.2, -0.15) is 0 Å². The highest BCUT2D eigenvalue weighted by Gasteiger charge is 2.40. The second-order valence-corrected chi connectivity index (χ2v) is 7.81. The number of hydrogen-bond donors (Lipinski definition) is 1. The monoisotopic (exact) mass is 343 g/mol. The van der Waals surface area contributed by atoms with E-state index in [4.69, 9.17) is 4.74 Å². The molecule has 0 radical (unpaired) electrons. The van der Waals surface area contributed by atoms with Crippen molar-refractivity contribution in [3.8, 4) is 5.75 Å². The third-order valence-electron chi connectivity index (χ3n) is 6.26. The Morgan fingerprint density at radius 1 is 1.12 bits per heavy atom. The van der Waals surface area contributed by atoms with E-state index in [0.717, 1.165) is 43.8 Å². The fourth-order valence-corrected chi connectivity index (χ4v) is 4.83. The lowest BCUT2D eigenvalue weighted by atomic mass is 9.95. The van der Waals surface area contributed by atoms with Gasteiger partial charge in [0.2, 0.25) is 5.91 Å². The molecule has 3 atom stereocenters. The lowest BCUT2D eigenvalue weighted by Crippen LogP contribution is -2.51. The van der Waals surface area contributed by atoms with Crippen molar-refractivity contribution in [2.24, 2.45) is 11.8 Å². The van der Waals surface area contributed by atoms with Crippen LogP contribution in [0.2, 0.25) is 0 Å². The second-order valence-electron chi connectivity index (χ2n) is 7.81. The number of nitrogens with one attached hydrogen (secondary N) is 1. The van der Waals surface area contributed by atoms with E-state index in [0.29, 0.717) is 12.6 Å². The molecule has 5 nitrogen and oxygen atoms in total. The number of amides is 1. The maximum absolute atomic E-state index is 12.4.